The Bertz CT molecular complexity index is 949. The van der Waals surface area contributed by atoms with E-state index in [1.807, 2.05) is 45.0 Å². The predicted molar refractivity (Wildman–Crippen MR) is 124 cm³/mol. The molecule has 0 fully saturated rings. The number of Topliss-reactive ketones (excluding diaryl/α,β-unsaturated/α-hetero) is 1. The molecule has 0 aromatic heterocycles. The molecule has 2 aromatic carbocycles. The van der Waals surface area contributed by atoms with E-state index in [1.54, 1.807) is 26.0 Å². The fourth-order valence-corrected chi connectivity index (χ4v) is 3.43. The first-order valence-electron chi connectivity index (χ1n) is 10.3. The number of nitrogens with two attached hydrogens (primary N) is 1. The maximum Gasteiger partial charge on any atom is 0.154 e. The third-order valence-corrected chi connectivity index (χ3v) is 5.76. The number of rotatable bonds is 9. The van der Waals surface area contributed by atoms with E-state index in [9.17, 15) is 15.0 Å². The molecule has 0 bridgehead atoms. The minimum atomic E-state index is -1.26. The molecule has 0 amide bonds. The smallest absolute Gasteiger partial charge is 0.154 e. The molecule has 5 N–H and O–H groups in total. The van der Waals surface area contributed by atoms with Crippen molar-refractivity contribution in [1.82, 2.24) is 0 Å². The van der Waals surface area contributed by atoms with Crippen LogP contribution in [-0.4, -0.2) is 28.1 Å². The van der Waals surface area contributed by atoms with Crippen LogP contribution >= 0.6 is 0 Å². The van der Waals surface area contributed by atoms with Crippen molar-refractivity contribution in [1.29, 1.82) is 0 Å². The number of hydrogen-bond acceptors (Lipinski definition) is 5. The van der Waals surface area contributed by atoms with Gasteiger partial charge in [0.25, 0.3) is 0 Å². The van der Waals surface area contributed by atoms with Gasteiger partial charge in [0, 0.05) is 17.8 Å². The summed E-state index contributed by atoms with van der Waals surface area (Å²) in [5.41, 5.74) is 8.51. The van der Waals surface area contributed by atoms with Crippen molar-refractivity contribution in [3.8, 4) is 16.9 Å². The summed E-state index contributed by atoms with van der Waals surface area (Å²) in [4.78, 5) is 12.1. The van der Waals surface area contributed by atoms with Crippen LogP contribution in [0.25, 0.3) is 11.1 Å². The molecule has 30 heavy (non-hydrogen) atoms. The first-order chi connectivity index (χ1) is 13.9. The molecule has 0 aliphatic carbocycles. The lowest BCUT2D eigenvalue weighted by atomic mass is 9.85. The lowest BCUT2D eigenvalue weighted by Gasteiger charge is -2.29. The van der Waals surface area contributed by atoms with Gasteiger partial charge in [-0.1, -0.05) is 37.3 Å². The number of hydrogen-bond donors (Lipinski definition) is 4. The van der Waals surface area contributed by atoms with Gasteiger partial charge in [-0.05, 0) is 75.4 Å². The fraction of sp³-hybridized carbons (Fsp3) is 0.400. The summed E-state index contributed by atoms with van der Waals surface area (Å²) in [5.74, 6) is 0.123. The zero-order valence-corrected chi connectivity index (χ0v) is 18.7. The van der Waals surface area contributed by atoms with Gasteiger partial charge in [0.15, 0.2) is 5.78 Å². The highest BCUT2D eigenvalue weighted by molar-refractivity contribution is 5.89. The van der Waals surface area contributed by atoms with E-state index in [0.29, 0.717) is 35.2 Å². The van der Waals surface area contributed by atoms with Gasteiger partial charge in [0.1, 0.15) is 5.75 Å². The summed E-state index contributed by atoms with van der Waals surface area (Å²) >= 11 is 0. The van der Waals surface area contributed by atoms with Crippen molar-refractivity contribution >= 4 is 11.5 Å². The molecular formula is C25H34N2O3. The number of phenols is 1. The topological polar surface area (TPSA) is 95.6 Å². The van der Waals surface area contributed by atoms with Crippen LogP contribution in [0.2, 0.25) is 0 Å². The Balaban J connectivity index is 2.66. The second-order valence-corrected chi connectivity index (χ2v) is 8.59. The standard InChI is InChI=1S/C25H34N2O3/c1-7-24(5,17(4)28)27-19-9-11-23(29)21(14-19)20-13-18(12-16(2)3)8-10-22(20)25(6,30)15-26/h8-11,13-14,27,29-30H,2,7,12,15,26H2,1,3-6H3. The fourth-order valence-electron chi connectivity index (χ4n) is 3.43. The van der Waals surface area contributed by atoms with E-state index in [4.69, 9.17) is 5.73 Å². The molecule has 0 heterocycles. The molecule has 2 aromatic rings. The predicted octanol–water partition coefficient (Wildman–Crippen LogP) is 4.51. The van der Waals surface area contributed by atoms with Gasteiger partial charge in [0.2, 0.25) is 0 Å². The Morgan fingerprint density at radius 3 is 2.33 bits per heavy atom. The van der Waals surface area contributed by atoms with Crippen molar-refractivity contribution < 1.29 is 15.0 Å². The van der Waals surface area contributed by atoms with E-state index >= 15 is 0 Å². The van der Waals surface area contributed by atoms with Gasteiger partial charge in [-0.15, -0.1) is 0 Å². The molecule has 162 valence electrons. The quantitative estimate of drug-likeness (QED) is 0.360. The Kier molecular flexibility index (Phi) is 7.11. The molecule has 5 heteroatoms. The average Bonchev–Trinajstić information content (AvgIpc) is 2.68. The van der Waals surface area contributed by atoms with Crippen molar-refractivity contribution in [3.63, 3.8) is 0 Å². The zero-order chi connectivity index (χ0) is 22.7. The summed E-state index contributed by atoms with van der Waals surface area (Å²) in [6.07, 6.45) is 1.31. The number of aliphatic hydroxyl groups is 1. The molecule has 0 saturated heterocycles. The van der Waals surface area contributed by atoms with Crippen LogP contribution < -0.4 is 11.1 Å². The Morgan fingerprint density at radius 2 is 1.80 bits per heavy atom. The summed E-state index contributed by atoms with van der Waals surface area (Å²) in [7, 11) is 0. The third kappa shape index (κ3) is 5.10. The van der Waals surface area contributed by atoms with Crippen molar-refractivity contribution in [2.75, 3.05) is 11.9 Å². The van der Waals surface area contributed by atoms with Crippen LogP contribution in [-0.2, 0) is 16.8 Å². The second kappa shape index (κ2) is 9.02. The van der Waals surface area contributed by atoms with Gasteiger partial charge in [0.05, 0.1) is 11.1 Å². The number of aromatic hydroxyl groups is 1. The number of benzene rings is 2. The third-order valence-electron chi connectivity index (χ3n) is 5.76. The van der Waals surface area contributed by atoms with Crippen molar-refractivity contribution in [2.24, 2.45) is 5.73 Å². The second-order valence-electron chi connectivity index (χ2n) is 8.59. The largest absolute Gasteiger partial charge is 0.507 e. The highest BCUT2D eigenvalue weighted by Crippen LogP contribution is 2.39. The van der Waals surface area contributed by atoms with Gasteiger partial charge in [-0.2, -0.15) is 0 Å². The van der Waals surface area contributed by atoms with Crippen molar-refractivity contribution in [2.45, 2.75) is 58.6 Å². The Morgan fingerprint density at radius 1 is 1.13 bits per heavy atom. The van der Waals surface area contributed by atoms with E-state index in [0.717, 1.165) is 11.1 Å². The number of phenolic OH excluding ortho intramolecular Hbond substituents is 1. The number of carbonyl (C=O) groups excluding carboxylic acids is 1. The van der Waals surface area contributed by atoms with E-state index in [-0.39, 0.29) is 18.1 Å². The van der Waals surface area contributed by atoms with Crippen LogP contribution in [0.15, 0.2) is 48.6 Å². The van der Waals surface area contributed by atoms with E-state index in [1.165, 1.54) is 0 Å². The number of allylic oxidation sites excluding steroid dienone is 1. The maximum atomic E-state index is 12.1. The summed E-state index contributed by atoms with van der Waals surface area (Å²) in [6, 6.07) is 10.9. The molecule has 0 aliphatic rings. The van der Waals surface area contributed by atoms with Gasteiger partial charge < -0.3 is 21.3 Å². The number of ketones is 1. The molecule has 2 rings (SSSR count). The summed E-state index contributed by atoms with van der Waals surface area (Å²) < 4.78 is 0. The molecule has 5 nitrogen and oxygen atoms in total. The highest BCUT2D eigenvalue weighted by Gasteiger charge is 2.29. The molecule has 0 spiro atoms. The number of carbonyl (C=O) groups is 1. The van der Waals surface area contributed by atoms with Gasteiger partial charge >= 0.3 is 0 Å². The summed E-state index contributed by atoms with van der Waals surface area (Å²) in [6.45, 7) is 13.0. The lowest BCUT2D eigenvalue weighted by molar-refractivity contribution is -0.120. The van der Waals surface area contributed by atoms with Crippen molar-refractivity contribution in [3.05, 3.63) is 59.7 Å². The minimum Gasteiger partial charge on any atom is -0.507 e. The SMILES string of the molecule is C=C(C)Cc1ccc(C(C)(O)CN)c(-c2cc(NC(C)(CC)C(C)=O)ccc2O)c1. The maximum absolute atomic E-state index is 12.1. The Labute approximate surface area is 179 Å². The van der Waals surface area contributed by atoms with Crippen LogP contribution in [0.5, 0.6) is 5.75 Å². The minimum absolute atomic E-state index is 0.0369. The Hall–Kier alpha value is -2.63. The average molecular weight is 411 g/mol. The number of anilines is 1. The zero-order valence-electron chi connectivity index (χ0n) is 18.7. The molecule has 2 unspecified atom stereocenters. The van der Waals surface area contributed by atoms with Crippen LogP contribution in [0, 0.1) is 0 Å². The molecule has 0 radical (unpaired) electrons. The molecular weight excluding hydrogens is 376 g/mol. The monoisotopic (exact) mass is 410 g/mol. The van der Waals surface area contributed by atoms with Crippen LogP contribution in [0.1, 0.15) is 52.2 Å². The highest BCUT2D eigenvalue weighted by atomic mass is 16.3. The van der Waals surface area contributed by atoms with E-state index in [2.05, 4.69) is 11.9 Å². The van der Waals surface area contributed by atoms with Gasteiger partial charge in [-0.25, -0.2) is 0 Å². The normalized spacial score (nSPS) is 15.2. The van der Waals surface area contributed by atoms with Crippen LogP contribution in [0.3, 0.4) is 0 Å². The first-order valence-corrected chi connectivity index (χ1v) is 10.3. The van der Waals surface area contributed by atoms with Gasteiger partial charge in [-0.3, -0.25) is 4.79 Å². The molecule has 0 aliphatic heterocycles. The van der Waals surface area contributed by atoms with E-state index < -0.39 is 11.1 Å². The number of nitrogens with one attached hydrogen (secondary N) is 1. The van der Waals surface area contributed by atoms with Crippen LogP contribution in [0.4, 0.5) is 5.69 Å². The molecule has 2 atom stereocenters. The summed E-state index contributed by atoms with van der Waals surface area (Å²) in [5, 5.41) is 24.8. The molecule has 0 saturated carbocycles. The lowest BCUT2D eigenvalue weighted by Crippen LogP contribution is -2.41. The first kappa shape index (κ1) is 23.6.